The summed E-state index contributed by atoms with van der Waals surface area (Å²) in [6.07, 6.45) is -10.00. The summed E-state index contributed by atoms with van der Waals surface area (Å²) in [5.41, 5.74) is -2.01. The second-order valence-electron chi connectivity index (χ2n) is 5.85. The normalized spacial score (nSPS) is 12.2. The first-order valence-electron chi connectivity index (χ1n) is 7.87. The van der Waals surface area contributed by atoms with Gasteiger partial charge in [0.15, 0.2) is 5.69 Å². The van der Waals surface area contributed by atoms with E-state index in [9.17, 15) is 30.7 Å². The predicted octanol–water partition coefficient (Wildman–Crippen LogP) is 5.66. The summed E-state index contributed by atoms with van der Waals surface area (Å²) in [4.78, 5) is 0. The van der Waals surface area contributed by atoms with Crippen LogP contribution in [0.2, 0.25) is 0 Å². The first-order valence-corrected chi connectivity index (χ1v) is 7.87. The van der Waals surface area contributed by atoms with Crippen molar-refractivity contribution in [1.82, 2.24) is 9.78 Å². The number of nitrogens with zero attached hydrogens (tertiary/aromatic N) is 2. The molecule has 0 atom stereocenters. The molecule has 0 radical (unpaired) electrons. The van der Waals surface area contributed by atoms with Crippen molar-refractivity contribution in [2.45, 2.75) is 18.9 Å². The van der Waals surface area contributed by atoms with Crippen molar-refractivity contribution in [3.8, 4) is 5.69 Å². The topological polar surface area (TPSA) is 29.9 Å². The second kappa shape index (κ2) is 7.17. The van der Waals surface area contributed by atoms with E-state index in [1.165, 1.54) is 48.5 Å². The zero-order valence-electron chi connectivity index (χ0n) is 13.9. The van der Waals surface area contributed by atoms with E-state index in [-0.39, 0.29) is 23.0 Å². The van der Waals surface area contributed by atoms with Gasteiger partial charge in [-0.1, -0.05) is 12.1 Å². The molecule has 0 unspecified atom stereocenters. The number of halogens is 7. The van der Waals surface area contributed by atoms with Crippen LogP contribution < -0.4 is 5.32 Å². The quantitative estimate of drug-likeness (QED) is 0.570. The number of benzene rings is 2. The Morgan fingerprint density at radius 3 is 1.96 bits per heavy atom. The van der Waals surface area contributed by atoms with Crippen LogP contribution in [0.3, 0.4) is 0 Å². The molecule has 1 heterocycles. The fourth-order valence-electron chi connectivity index (χ4n) is 2.45. The van der Waals surface area contributed by atoms with Crippen molar-refractivity contribution in [3.05, 3.63) is 77.4 Å². The van der Waals surface area contributed by atoms with E-state index in [0.29, 0.717) is 11.3 Å². The zero-order chi connectivity index (χ0) is 20.5. The van der Waals surface area contributed by atoms with Gasteiger partial charge >= 0.3 is 12.4 Å². The minimum absolute atomic E-state index is 0.0238. The highest BCUT2D eigenvalue weighted by Gasteiger charge is 2.42. The van der Waals surface area contributed by atoms with Crippen molar-refractivity contribution in [2.24, 2.45) is 0 Å². The average Bonchev–Trinajstić information content (AvgIpc) is 3.08. The van der Waals surface area contributed by atoms with Crippen molar-refractivity contribution >= 4 is 5.69 Å². The molecule has 0 spiro atoms. The Kier molecular flexibility index (Phi) is 5.05. The Labute approximate surface area is 154 Å². The standard InChI is InChI=1S/C18H12F7N3/c19-12-3-5-13(6-4-12)26-10-11-1-7-14(8-2-11)28-16(18(23,24)25)9-15(27-28)17(20,21)22/h1-9,26H,10H2. The van der Waals surface area contributed by atoms with E-state index in [1.54, 1.807) is 0 Å². The van der Waals surface area contributed by atoms with Gasteiger partial charge in [-0.15, -0.1) is 0 Å². The third-order valence-electron chi connectivity index (χ3n) is 3.81. The third kappa shape index (κ3) is 4.44. The summed E-state index contributed by atoms with van der Waals surface area (Å²) >= 11 is 0. The van der Waals surface area contributed by atoms with Crippen LogP contribution in [0.1, 0.15) is 17.0 Å². The van der Waals surface area contributed by atoms with Gasteiger partial charge in [0.1, 0.15) is 11.5 Å². The van der Waals surface area contributed by atoms with Gasteiger partial charge in [0.25, 0.3) is 0 Å². The smallest absolute Gasteiger partial charge is 0.381 e. The highest BCUT2D eigenvalue weighted by atomic mass is 19.4. The molecule has 2 aromatic carbocycles. The molecule has 0 fully saturated rings. The van der Waals surface area contributed by atoms with Crippen LogP contribution in [0.15, 0.2) is 54.6 Å². The minimum Gasteiger partial charge on any atom is -0.381 e. The number of nitrogens with one attached hydrogen (secondary N) is 1. The molecule has 1 N–H and O–H groups in total. The van der Waals surface area contributed by atoms with Crippen LogP contribution >= 0.6 is 0 Å². The van der Waals surface area contributed by atoms with Crippen LogP contribution in [0.25, 0.3) is 5.69 Å². The van der Waals surface area contributed by atoms with Crippen LogP contribution in [0.5, 0.6) is 0 Å². The zero-order valence-corrected chi connectivity index (χ0v) is 13.9. The second-order valence-corrected chi connectivity index (χ2v) is 5.85. The van der Waals surface area contributed by atoms with Crippen molar-refractivity contribution in [2.75, 3.05) is 5.32 Å². The SMILES string of the molecule is Fc1ccc(NCc2ccc(-n3nc(C(F)(F)F)cc3C(F)(F)F)cc2)cc1. The van der Waals surface area contributed by atoms with E-state index >= 15 is 0 Å². The summed E-state index contributed by atoms with van der Waals surface area (Å²) in [6.45, 7) is 0.283. The first-order chi connectivity index (χ1) is 13.0. The fraction of sp³-hybridized carbons (Fsp3) is 0.167. The number of aromatic nitrogens is 2. The molecule has 148 valence electrons. The number of alkyl halides is 6. The van der Waals surface area contributed by atoms with Crippen molar-refractivity contribution in [1.29, 1.82) is 0 Å². The summed E-state index contributed by atoms with van der Waals surface area (Å²) in [6, 6.07) is 10.9. The first kappa shape index (κ1) is 19.7. The highest BCUT2D eigenvalue weighted by molar-refractivity contribution is 5.44. The Morgan fingerprint density at radius 2 is 1.43 bits per heavy atom. The maximum Gasteiger partial charge on any atom is 0.435 e. The maximum absolute atomic E-state index is 13.1. The number of rotatable bonds is 4. The van der Waals surface area contributed by atoms with E-state index in [4.69, 9.17) is 0 Å². The third-order valence-corrected chi connectivity index (χ3v) is 3.81. The predicted molar refractivity (Wildman–Crippen MR) is 87.3 cm³/mol. The van der Waals surface area contributed by atoms with E-state index in [1.807, 2.05) is 0 Å². The van der Waals surface area contributed by atoms with Gasteiger partial charge in [0.05, 0.1) is 5.69 Å². The molecular weight excluding hydrogens is 391 g/mol. The lowest BCUT2D eigenvalue weighted by molar-refractivity contribution is -0.143. The van der Waals surface area contributed by atoms with Crippen molar-refractivity contribution < 1.29 is 30.7 Å². The molecule has 3 nitrogen and oxygen atoms in total. The summed E-state index contributed by atoms with van der Waals surface area (Å²) in [5, 5.41) is 6.06. The molecule has 0 aliphatic carbocycles. The lowest BCUT2D eigenvalue weighted by Crippen LogP contribution is -2.13. The van der Waals surface area contributed by atoms with Gasteiger partial charge in [-0.25, -0.2) is 9.07 Å². The Morgan fingerprint density at radius 1 is 0.821 bits per heavy atom. The van der Waals surface area contributed by atoms with Gasteiger partial charge in [-0.2, -0.15) is 31.4 Å². The van der Waals surface area contributed by atoms with Gasteiger partial charge in [-0.05, 0) is 42.0 Å². The maximum atomic E-state index is 13.1. The van der Waals surface area contributed by atoms with Gasteiger partial charge in [0.2, 0.25) is 0 Å². The number of hydrogen-bond donors (Lipinski definition) is 1. The average molecular weight is 403 g/mol. The van der Waals surface area contributed by atoms with Crippen LogP contribution in [0.4, 0.5) is 36.4 Å². The Bertz CT molecular complexity index is 939. The number of anilines is 1. The van der Waals surface area contributed by atoms with Crippen LogP contribution in [-0.2, 0) is 18.9 Å². The summed E-state index contributed by atoms with van der Waals surface area (Å²) in [5.74, 6) is -0.396. The molecule has 3 aromatic rings. The number of hydrogen-bond acceptors (Lipinski definition) is 2. The van der Waals surface area contributed by atoms with Gasteiger partial charge in [-0.3, -0.25) is 0 Å². The van der Waals surface area contributed by atoms with E-state index < -0.39 is 29.6 Å². The Balaban J connectivity index is 1.83. The fourth-order valence-corrected chi connectivity index (χ4v) is 2.45. The lowest BCUT2D eigenvalue weighted by Gasteiger charge is -2.11. The molecule has 1 aromatic heterocycles. The molecule has 0 saturated heterocycles. The largest absolute Gasteiger partial charge is 0.435 e. The van der Waals surface area contributed by atoms with E-state index in [0.717, 1.165) is 0 Å². The molecule has 0 amide bonds. The molecule has 0 saturated carbocycles. The molecule has 0 bridgehead atoms. The molecule has 10 heteroatoms. The van der Waals surface area contributed by atoms with Crippen LogP contribution in [-0.4, -0.2) is 9.78 Å². The molecule has 3 rings (SSSR count). The summed E-state index contributed by atoms with van der Waals surface area (Å²) in [7, 11) is 0. The Hall–Kier alpha value is -3.04. The monoisotopic (exact) mass is 403 g/mol. The van der Waals surface area contributed by atoms with Crippen LogP contribution in [0, 0.1) is 5.82 Å². The van der Waals surface area contributed by atoms with Gasteiger partial charge in [0, 0.05) is 18.3 Å². The minimum atomic E-state index is -5.00. The van der Waals surface area contributed by atoms with E-state index in [2.05, 4.69) is 10.4 Å². The summed E-state index contributed by atoms with van der Waals surface area (Å²) < 4.78 is 90.6. The molecule has 28 heavy (non-hydrogen) atoms. The highest BCUT2D eigenvalue weighted by Crippen LogP contribution is 2.36. The van der Waals surface area contributed by atoms with Crippen molar-refractivity contribution in [3.63, 3.8) is 0 Å². The molecular formula is C18H12F7N3. The molecule has 0 aliphatic heterocycles. The lowest BCUT2D eigenvalue weighted by atomic mass is 10.2. The molecule has 0 aliphatic rings. The van der Waals surface area contributed by atoms with Gasteiger partial charge < -0.3 is 5.32 Å².